The summed E-state index contributed by atoms with van der Waals surface area (Å²) < 4.78 is 10.5. The number of hydrogen-bond acceptors (Lipinski definition) is 6. The first-order chi connectivity index (χ1) is 16.8. The number of nitrogens with zero attached hydrogens (tertiary/aromatic N) is 1. The van der Waals surface area contributed by atoms with E-state index in [0.717, 1.165) is 4.90 Å². The monoisotopic (exact) mass is 511 g/mol. The van der Waals surface area contributed by atoms with Crippen molar-refractivity contribution in [3.8, 4) is 11.5 Å². The average Bonchev–Trinajstić information content (AvgIpc) is 3.08. The third-order valence-corrected chi connectivity index (χ3v) is 5.79. The Morgan fingerprint density at radius 3 is 2.17 bits per heavy atom. The second kappa shape index (κ2) is 10.1. The number of hydrogen-bond donors (Lipinski definition) is 2. The van der Waals surface area contributed by atoms with Crippen LogP contribution in [0.15, 0.2) is 77.5 Å². The maximum absolute atomic E-state index is 12.9. The molecule has 0 fully saturated rings. The molecule has 0 saturated heterocycles. The zero-order valence-electron chi connectivity index (χ0n) is 18.6. The van der Waals surface area contributed by atoms with Crippen molar-refractivity contribution in [2.75, 3.05) is 29.8 Å². The van der Waals surface area contributed by atoms with Gasteiger partial charge in [0.2, 0.25) is 0 Å². The number of carbonyl (C=O) groups is 3. The van der Waals surface area contributed by atoms with Gasteiger partial charge in [-0.05, 0) is 60.7 Å². The van der Waals surface area contributed by atoms with Crippen LogP contribution in [-0.2, 0) is 9.59 Å². The molecular formula is C25H19Cl2N3O5. The predicted molar refractivity (Wildman–Crippen MR) is 134 cm³/mol. The van der Waals surface area contributed by atoms with Crippen LogP contribution in [0.5, 0.6) is 11.5 Å². The maximum atomic E-state index is 12.9. The number of carbonyl (C=O) groups excluding carboxylic acids is 3. The fraction of sp³-hybridized carbons (Fsp3) is 0.0800. The fourth-order valence-corrected chi connectivity index (χ4v) is 3.73. The molecule has 1 heterocycles. The van der Waals surface area contributed by atoms with Gasteiger partial charge in [0.05, 0.1) is 25.6 Å². The molecule has 0 bridgehead atoms. The van der Waals surface area contributed by atoms with Gasteiger partial charge in [-0.25, -0.2) is 4.90 Å². The van der Waals surface area contributed by atoms with Crippen molar-refractivity contribution in [1.29, 1.82) is 0 Å². The van der Waals surface area contributed by atoms with Gasteiger partial charge in [-0.15, -0.1) is 0 Å². The SMILES string of the molecule is COc1ccc(OC)c(NC(=O)c2ccc(NC3=C(Cl)C(=O)N(c4ccc(Cl)cc4)C3=O)cc2)c1. The minimum atomic E-state index is -0.648. The molecule has 1 aliphatic heterocycles. The topological polar surface area (TPSA) is 97.0 Å². The highest BCUT2D eigenvalue weighted by Crippen LogP contribution is 2.31. The Balaban J connectivity index is 1.48. The van der Waals surface area contributed by atoms with Crippen LogP contribution in [0.2, 0.25) is 5.02 Å². The average molecular weight is 512 g/mol. The Morgan fingerprint density at radius 2 is 1.54 bits per heavy atom. The highest BCUT2D eigenvalue weighted by atomic mass is 35.5. The molecule has 8 nitrogen and oxygen atoms in total. The molecule has 0 saturated carbocycles. The van der Waals surface area contributed by atoms with Crippen molar-refractivity contribution < 1.29 is 23.9 Å². The first kappa shape index (κ1) is 24.1. The van der Waals surface area contributed by atoms with Gasteiger partial charge in [-0.1, -0.05) is 23.2 Å². The lowest BCUT2D eigenvalue weighted by Crippen LogP contribution is -2.32. The van der Waals surface area contributed by atoms with Gasteiger partial charge in [0.25, 0.3) is 17.7 Å². The van der Waals surface area contributed by atoms with Gasteiger partial charge in [-0.2, -0.15) is 0 Å². The summed E-state index contributed by atoms with van der Waals surface area (Å²) in [7, 11) is 3.03. The van der Waals surface area contributed by atoms with Gasteiger partial charge in [-0.3, -0.25) is 14.4 Å². The molecule has 2 N–H and O–H groups in total. The Bertz CT molecular complexity index is 1340. The van der Waals surface area contributed by atoms with E-state index in [0.29, 0.717) is 39.1 Å². The molecule has 0 aromatic heterocycles. The highest BCUT2D eigenvalue weighted by Gasteiger charge is 2.38. The molecule has 0 spiro atoms. The summed E-state index contributed by atoms with van der Waals surface area (Å²) in [5.41, 5.74) is 1.56. The zero-order valence-corrected chi connectivity index (χ0v) is 20.1. The summed E-state index contributed by atoms with van der Waals surface area (Å²) in [6.45, 7) is 0. The highest BCUT2D eigenvalue weighted by molar-refractivity contribution is 6.53. The quantitative estimate of drug-likeness (QED) is 0.431. The second-order valence-electron chi connectivity index (χ2n) is 7.33. The molecule has 0 atom stereocenters. The second-order valence-corrected chi connectivity index (χ2v) is 8.15. The number of ether oxygens (including phenoxy) is 2. The van der Waals surface area contributed by atoms with Crippen LogP contribution in [-0.4, -0.2) is 31.9 Å². The summed E-state index contributed by atoms with van der Waals surface area (Å²) in [4.78, 5) is 39.2. The molecule has 10 heteroatoms. The molecule has 178 valence electrons. The zero-order chi connectivity index (χ0) is 25.1. The molecule has 1 aliphatic rings. The lowest BCUT2D eigenvalue weighted by Gasteiger charge is -2.15. The fourth-order valence-electron chi connectivity index (χ4n) is 3.39. The van der Waals surface area contributed by atoms with Crippen LogP contribution < -0.4 is 25.0 Å². The van der Waals surface area contributed by atoms with Crippen LogP contribution in [0, 0.1) is 0 Å². The molecule has 0 radical (unpaired) electrons. The molecule has 35 heavy (non-hydrogen) atoms. The van der Waals surface area contributed by atoms with Crippen molar-refractivity contribution >= 4 is 58.0 Å². The van der Waals surface area contributed by atoms with Crippen molar-refractivity contribution in [1.82, 2.24) is 0 Å². The number of imide groups is 1. The lowest BCUT2D eigenvalue weighted by molar-refractivity contribution is -0.120. The van der Waals surface area contributed by atoms with Gasteiger partial charge < -0.3 is 20.1 Å². The van der Waals surface area contributed by atoms with Crippen molar-refractivity contribution in [3.63, 3.8) is 0 Å². The third-order valence-electron chi connectivity index (χ3n) is 5.18. The number of methoxy groups -OCH3 is 2. The Morgan fingerprint density at radius 1 is 0.857 bits per heavy atom. The van der Waals surface area contributed by atoms with E-state index in [1.165, 1.54) is 14.2 Å². The molecule has 0 unspecified atom stereocenters. The van der Waals surface area contributed by atoms with Gasteiger partial charge >= 0.3 is 0 Å². The van der Waals surface area contributed by atoms with E-state index in [9.17, 15) is 14.4 Å². The number of rotatable bonds is 7. The van der Waals surface area contributed by atoms with Gasteiger partial charge in [0, 0.05) is 22.3 Å². The van der Waals surface area contributed by atoms with Crippen LogP contribution in [0.25, 0.3) is 0 Å². The number of nitrogens with one attached hydrogen (secondary N) is 2. The minimum Gasteiger partial charge on any atom is -0.497 e. The lowest BCUT2D eigenvalue weighted by atomic mass is 10.1. The molecule has 0 aliphatic carbocycles. The van der Waals surface area contributed by atoms with E-state index in [4.69, 9.17) is 32.7 Å². The van der Waals surface area contributed by atoms with E-state index in [1.807, 2.05) is 0 Å². The number of amides is 3. The maximum Gasteiger partial charge on any atom is 0.283 e. The standard InChI is InChI=1S/C25H19Cl2N3O5/c1-34-18-11-12-20(35-2)19(13-18)29-23(31)14-3-7-16(8-4-14)28-22-21(27)24(32)30(25(22)33)17-9-5-15(26)6-10-17/h3-13,28H,1-2H3,(H,29,31). The van der Waals surface area contributed by atoms with Gasteiger partial charge in [0.15, 0.2) is 0 Å². The molecule has 3 aromatic rings. The van der Waals surface area contributed by atoms with Crippen LogP contribution in [0.3, 0.4) is 0 Å². The summed E-state index contributed by atoms with van der Waals surface area (Å²) in [6.07, 6.45) is 0. The van der Waals surface area contributed by atoms with E-state index in [-0.39, 0.29) is 16.6 Å². The Kier molecular flexibility index (Phi) is 6.95. The first-order valence-corrected chi connectivity index (χ1v) is 11.0. The van der Waals surface area contributed by atoms with Crippen LogP contribution in [0.4, 0.5) is 17.1 Å². The molecular weight excluding hydrogens is 493 g/mol. The number of halogens is 2. The van der Waals surface area contributed by atoms with Crippen molar-refractivity contribution in [2.45, 2.75) is 0 Å². The van der Waals surface area contributed by atoms with Crippen molar-refractivity contribution in [3.05, 3.63) is 88.0 Å². The molecule has 3 amide bonds. The predicted octanol–water partition coefficient (Wildman–Crippen LogP) is 5.05. The summed E-state index contributed by atoms with van der Waals surface area (Å²) in [5.74, 6) is -0.580. The van der Waals surface area contributed by atoms with Crippen molar-refractivity contribution in [2.24, 2.45) is 0 Å². The third kappa shape index (κ3) is 4.94. The van der Waals surface area contributed by atoms with Crippen LogP contribution in [0.1, 0.15) is 10.4 Å². The van der Waals surface area contributed by atoms with E-state index in [2.05, 4.69) is 10.6 Å². The Hall–Kier alpha value is -4.01. The van der Waals surface area contributed by atoms with E-state index < -0.39 is 11.8 Å². The molecule has 4 rings (SSSR count). The normalized spacial score (nSPS) is 13.2. The largest absolute Gasteiger partial charge is 0.497 e. The minimum absolute atomic E-state index is 0.0649. The Labute approximate surface area is 211 Å². The summed E-state index contributed by atoms with van der Waals surface area (Å²) in [6, 6.07) is 17.6. The number of anilines is 3. The smallest absolute Gasteiger partial charge is 0.283 e. The van der Waals surface area contributed by atoms with Crippen LogP contribution >= 0.6 is 23.2 Å². The van der Waals surface area contributed by atoms with E-state index >= 15 is 0 Å². The molecule has 3 aromatic carbocycles. The summed E-state index contributed by atoms with van der Waals surface area (Å²) in [5, 5.41) is 5.89. The first-order valence-electron chi connectivity index (χ1n) is 10.3. The summed E-state index contributed by atoms with van der Waals surface area (Å²) >= 11 is 12.1. The van der Waals surface area contributed by atoms with E-state index in [1.54, 1.807) is 66.7 Å². The number of benzene rings is 3. The van der Waals surface area contributed by atoms with Gasteiger partial charge in [0.1, 0.15) is 22.2 Å².